The average Bonchev–Trinajstić information content (AvgIpc) is 2.66. The molecule has 2 fully saturated rings. The molecule has 0 aromatic carbocycles. The highest BCUT2D eigenvalue weighted by Crippen LogP contribution is 2.59. The molecule has 0 saturated heterocycles. The number of rotatable bonds is 3. The van der Waals surface area contributed by atoms with E-state index in [1.807, 2.05) is 0 Å². The van der Waals surface area contributed by atoms with E-state index in [0.29, 0.717) is 17.9 Å². The number of hydrogen-bond acceptors (Lipinski definition) is 1. The number of halogens is 1. The molecular formula is C15H25BrO. The second-order valence-corrected chi connectivity index (χ2v) is 6.73. The summed E-state index contributed by atoms with van der Waals surface area (Å²) in [6, 6.07) is 0. The number of fused-ring (bicyclic) bond motifs is 1. The zero-order valence-electron chi connectivity index (χ0n) is 11.1. The van der Waals surface area contributed by atoms with Gasteiger partial charge in [0.1, 0.15) is 0 Å². The fourth-order valence-corrected chi connectivity index (χ4v) is 5.10. The Labute approximate surface area is 114 Å². The van der Waals surface area contributed by atoms with Gasteiger partial charge in [-0.1, -0.05) is 35.4 Å². The van der Waals surface area contributed by atoms with Crippen LogP contribution in [0.5, 0.6) is 0 Å². The van der Waals surface area contributed by atoms with Crippen molar-refractivity contribution in [1.29, 1.82) is 0 Å². The predicted molar refractivity (Wildman–Crippen MR) is 76.0 cm³/mol. The van der Waals surface area contributed by atoms with Crippen molar-refractivity contribution >= 4 is 15.9 Å². The first kappa shape index (κ1) is 13.6. The van der Waals surface area contributed by atoms with E-state index in [9.17, 15) is 0 Å². The summed E-state index contributed by atoms with van der Waals surface area (Å²) in [6.45, 7) is 5.18. The fourth-order valence-electron chi connectivity index (χ4n) is 4.55. The Kier molecular flexibility index (Phi) is 4.35. The van der Waals surface area contributed by atoms with Gasteiger partial charge in [0.15, 0.2) is 0 Å². The number of hydrogen-bond donors (Lipinski definition) is 1. The highest BCUT2D eigenvalue weighted by atomic mass is 79.9. The third-order valence-electron chi connectivity index (χ3n) is 5.45. The summed E-state index contributed by atoms with van der Waals surface area (Å²) >= 11 is 3.56. The second-order valence-electron chi connectivity index (χ2n) is 6.27. The summed E-state index contributed by atoms with van der Waals surface area (Å²) < 4.78 is 0. The van der Waals surface area contributed by atoms with E-state index in [-0.39, 0.29) is 0 Å². The molecule has 0 bridgehead atoms. The first-order valence-corrected chi connectivity index (χ1v) is 7.95. The molecule has 17 heavy (non-hydrogen) atoms. The van der Waals surface area contributed by atoms with Gasteiger partial charge in [0.05, 0.1) is 0 Å². The highest BCUT2D eigenvalue weighted by molar-refractivity contribution is 9.11. The molecule has 2 rings (SSSR count). The Morgan fingerprint density at radius 3 is 2.94 bits per heavy atom. The van der Waals surface area contributed by atoms with Gasteiger partial charge in [-0.25, -0.2) is 0 Å². The Bertz CT molecular complexity index is 299. The molecule has 2 aliphatic carbocycles. The summed E-state index contributed by atoms with van der Waals surface area (Å²) in [4.78, 5) is 2.19. The first-order valence-electron chi connectivity index (χ1n) is 7.03. The molecule has 2 heteroatoms. The molecule has 1 N–H and O–H groups in total. The van der Waals surface area contributed by atoms with Crippen molar-refractivity contribution in [1.82, 2.24) is 0 Å². The summed E-state index contributed by atoms with van der Waals surface area (Å²) in [7, 11) is 0. The van der Waals surface area contributed by atoms with Gasteiger partial charge in [-0.3, -0.25) is 0 Å². The third-order valence-corrected chi connectivity index (χ3v) is 6.04. The van der Waals surface area contributed by atoms with Crippen LogP contribution in [0.4, 0.5) is 0 Å². The van der Waals surface area contributed by atoms with Crippen molar-refractivity contribution < 1.29 is 5.11 Å². The maximum Gasteiger partial charge on any atom is 0.0433 e. The molecule has 0 radical (unpaired) electrons. The zero-order valence-corrected chi connectivity index (χ0v) is 12.7. The minimum absolute atomic E-state index is 0.347. The topological polar surface area (TPSA) is 20.2 Å². The summed E-state index contributed by atoms with van der Waals surface area (Å²) in [5.41, 5.74) is 2.13. The van der Waals surface area contributed by atoms with E-state index in [0.717, 1.165) is 18.3 Å². The minimum Gasteiger partial charge on any atom is -0.396 e. The Balaban J connectivity index is 2.18. The molecule has 0 aromatic heterocycles. The standard InChI is InChI=1S/C15H25BrO/c1-11(7-9-17)13-5-6-14-12(10-16)4-3-8-15(13,14)2/h10-11,13-14,17H,3-9H2,1-2H3/b12-10+/t11-,13-,14?,15-/m1/s1. The Morgan fingerprint density at radius 1 is 1.53 bits per heavy atom. The van der Waals surface area contributed by atoms with Crippen LogP contribution in [0.25, 0.3) is 0 Å². The summed E-state index contributed by atoms with van der Waals surface area (Å²) in [5, 5.41) is 9.16. The molecule has 0 aromatic rings. The molecule has 0 aliphatic heterocycles. The molecule has 1 unspecified atom stereocenters. The van der Waals surface area contributed by atoms with E-state index in [4.69, 9.17) is 5.11 Å². The quantitative estimate of drug-likeness (QED) is 0.813. The molecular weight excluding hydrogens is 276 g/mol. The largest absolute Gasteiger partial charge is 0.396 e. The van der Waals surface area contributed by atoms with E-state index >= 15 is 0 Å². The van der Waals surface area contributed by atoms with Crippen LogP contribution in [0.2, 0.25) is 0 Å². The zero-order chi connectivity index (χ0) is 12.5. The van der Waals surface area contributed by atoms with Crippen molar-refractivity contribution in [3.05, 3.63) is 10.6 Å². The van der Waals surface area contributed by atoms with Crippen molar-refractivity contribution in [2.75, 3.05) is 6.61 Å². The van der Waals surface area contributed by atoms with Crippen LogP contribution >= 0.6 is 15.9 Å². The van der Waals surface area contributed by atoms with Crippen molar-refractivity contribution in [2.24, 2.45) is 23.2 Å². The molecule has 2 saturated carbocycles. The molecule has 0 spiro atoms. The van der Waals surface area contributed by atoms with Crippen LogP contribution < -0.4 is 0 Å². The Hall–Kier alpha value is 0.180. The number of aliphatic hydroxyl groups excluding tert-OH is 1. The maximum atomic E-state index is 9.16. The van der Waals surface area contributed by atoms with E-state index in [2.05, 4.69) is 34.8 Å². The molecule has 98 valence electrons. The van der Waals surface area contributed by atoms with E-state index < -0.39 is 0 Å². The SMILES string of the molecule is C[C@H](CCO)[C@H]1CCC2/C(=C/Br)CCC[C@@]21C. The van der Waals surface area contributed by atoms with Crippen molar-refractivity contribution in [2.45, 2.75) is 52.4 Å². The monoisotopic (exact) mass is 300 g/mol. The van der Waals surface area contributed by atoms with Gasteiger partial charge in [-0.15, -0.1) is 0 Å². The number of allylic oxidation sites excluding steroid dienone is 1. The van der Waals surface area contributed by atoms with E-state index in [1.54, 1.807) is 5.57 Å². The second kappa shape index (κ2) is 5.44. The number of aliphatic hydroxyl groups is 1. The lowest BCUT2D eigenvalue weighted by atomic mass is 9.61. The van der Waals surface area contributed by atoms with Crippen LogP contribution in [0, 0.1) is 23.2 Å². The van der Waals surface area contributed by atoms with Crippen LogP contribution in [0.15, 0.2) is 10.6 Å². The predicted octanol–water partition coefficient (Wildman–Crippen LogP) is 4.50. The molecule has 2 aliphatic rings. The summed E-state index contributed by atoms with van der Waals surface area (Å²) in [5.74, 6) is 2.27. The third kappa shape index (κ3) is 2.35. The van der Waals surface area contributed by atoms with Crippen molar-refractivity contribution in [3.63, 3.8) is 0 Å². The molecule has 4 atom stereocenters. The minimum atomic E-state index is 0.347. The average molecular weight is 301 g/mol. The highest BCUT2D eigenvalue weighted by Gasteiger charge is 2.50. The van der Waals surface area contributed by atoms with Crippen LogP contribution in [-0.4, -0.2) is 11.7 Å². The fraction of sp³-hybridized carbons (Fsp3) is 0.867. The van der Waals surface area contributed by atoms with Crippen LogP contribution in [0.3, 0.4) is 0 Å². The van der Waals surface area contributed by atoms with Crippen LogP contribution in [-0.2, 0) is 0 Å². The van der Waals surface area contributed by atoms with Gasteiger partial charge in [0.2, 0.25) is 0 Å². The lowest BCUT2D eigenvalue weighted by Gasteiger charge is -2.44. The van der Waals surface area contributed by atoms with Gasteiger partial charge >= 0.3 is 0 Å². The van der Waals surface area contributed by atoms with Crippen molar-refractivity contribution in [3.8, 4) is 0 Å². The maximum absolute atomic E-state index is 9.16. The van der Waals surface area contributed by atoms with Gasteiger partial charge < -0.3 is 5.11 Å². The van der Waals surface area contributed by atoms with Crippen LogP contribution in [0.1, 0.15) is 52.4 Å². The smallest absolute Gasteiger partial charge is 0.0433 e. The Morgan fingerprint density at radius 2 is 2.29 bits per heavy atom. The molecule has 0 heterocycles. The summed E-state index contributed by atoms with van der Waals surface area (Å²) in [6.07, 6.45) is 7.68. The first-order chi connectivity index (χ1) is 8.13. The van der Waals surface area contributed by atoms with Gasteiger partial charge in [-0.05, 0) is 66.7 Å². The lowest BCUT2D eigenvalue weighted by Crippen LogP contribution is -2.36. The molecule has 1 nitrogen and oxygen atoms in total. The van der Waals surface area contributed by atoms with Gasteiger partial charge in [0, 0.05) is 6.61 Å². The van der Waals surface area contributed by atoms with Gasteiger partial charge in [0.25, 0.3) is 0 Å². The lowest BCUT2D eigenvalue weighted by molar-refractivity contribution is 0.0859. The van der Waals surface area contributed by atoms with E-state index in [1.165, 1.54) is 32.1 Å². The van der Waals surface area contributed by atoms with Gasteiger partial charge in [-0.2, -0.15) is 0 Å². The molecule has 0 amide bonds. The normalized spacial score (nSPS) is 41.5.